The van der Waals surface area contributed by atoms with Gasteiger partial charge in [-0.2, -0.15) is 0 Å². The van der Waals surface area contributed by atoms with E-state index in [0.717, 1.165) is 23.1 Å². The Morgan fingerprint density at radius 3 is 3.05 bits per heavy atom. The van der Waals surface area contributed by atoms with Gasteiger partial charge in [0.1, 0.15) is 5.58 Å². The Labute approximate surface area is 117 Å². The molecular weight excluding hydrogens is 256 g/mol. The Hall–Kier alpha value is -1.85. The molecule has 2 atom stereocenters. The van der Waals surface area contributed by atoms with Crippen molar-refractivity contribution in [3.05, 3.63) is 35.6 Å². The van der Waals surface area contributed by atoms with E-state index in [2.05, 4.69) is 10.6 Å². The lowest BCUT2D eigenvalue weighted by Crippen LogP contribution is -2.34. The van der Waals surface area contributed by atoms with E-state index in [0.29, 0.717) is 18.8 Å². The van der Waals surface area contributed by atoms with Crippen LogP contribution in [-0.2, 0) is 0 Å². The summed E-state index contributed by atoms with van der Waals surface area (Å²) in [6.45, 7) is 3.71. The molecule has 3 N–H and O–H groups in total. The van der Waals surface area contributed by atoms with Crippen LogP contribution in [0.1, 0.15) is 16.1 Å². The highest BCUT2D eigenvalue weighted by atomic mass is 16.3. The quantitative estimate of drug-likeness (QED) is 0.782. The average Bonchev–Trinajstić information content (AvgIpc) is 3.03. The molecule has 0 aliphatic carbocycles. The van der Waals surface area contributed by atoms with Crippen molar-refractivity contribution in [2.24, 2.45) is 5.92 Å². The topological polar surface area (TPSA) is 74.5 Å². The fourth-order valence-corrected chi connectivity index (χ4v) is 2.56. The maximum atomic E-state index is 12.1. The summed E-state index contributed by atoms with van der Waals surface area (Å²) in [7, 11) is 0. The van der Waals surface area contributed by atoms with Gasteiger partial charge in [0, 0.05) is 30.9 Å². The number of aryl methyl sites for hydroxylation is 1. The van der Waals surface area contributed by atoms with Gasteiger partial charge in [0.2, 0.25) is 0 Å². The SMILES string of the molecule is Cc1cccc2cc(C(=O)NCC3CNCC3O)oc12. The van der Waals surface area contributed by atoms with Crippen LogP contribution in [0.2, 0.25) is 0 Å². The molecule has 20 heavy (non-hydrogen) atoms. The summed E-state index contributed by atoms with van der Waals surface area (Å²) in [5.74, 6) is 0.138. The molecular formula is C15H18N2O3. The molecule has 0 spiro atoms. The van der Waals surface area contributed by atoms with Crippen LogP contribution >= 0.6 is 0 Å². The van der Waals surface area contributed by atoms with Crippen LogP contribution in [0.3, 0.4) is 0 Å². The van der Waals surface area contributed by atoms with Crippen LogP contribution < -0.4 is 10.6 Å². The number of amides is 1. The lowest BCUT2D eigenvalue weighted by molar-refractivity contribution is 0.0902. The predicted molar refractivity (Wildman–Crippen MR) is 75.7 cm³/mol. The van der Waals surface area contributed by atoms with E-state index in [-0.39, 0.29) is 11.8 Å². The number of carbonyl (C=O) groups is 1. The van der Waals surface area contributed by atoms with Gasteiger partial charge in [0.15, 0.2) is 5.76 Å². The summed E-state index contributed by atoms with van der Waals surface area (Å²) in [4.78, 5) is 12.1. The number of para-hydroxylation sites is 1. The second kappa shape index (κ2) is 5.26. The molecule has 1 aromatic carbocycles. The molecule has 3 rings (SSSR count). The molecule has 1 aliphatic rings. The first kappa shape index (κ1) is 13.1. The van der Waals surface area contributed by atoms with E-state index >= 15 is 0 Å². The molecule has 5 nitrogen and oxygen atoms in total. The standard InChI is InChI=1S/C15H18N2O3/c1-9-3-2-4-10-5-13(20-14(9)10)15(19)17-7-11-6-16-8-12(11)18/h2-5,11-12,16,18H,6-8H2,1H3,(H,17,19). The molecule has 2 aromatic rings. The molecule has 2 unspecified atom stereocenters. The van der Waals surface area contributed by atoms with Crippen molar-refractivity contribution >= 4 is 16.9 Å². The Kier molecular flexibility index (Phi) is 3.46. The number of aliphatic hydroxyl groups excluding tert-OH is 1. The molecule has 1 saturated heterocycles. The van der Waals surface area contributed by atoms with Gasteiger partial charge in [-0.1, -0.05) is 18.2 Å². The van der Waals surface area contributed by atoms with Crippen LogP contribution in [0.25, 0.3) is 11.0 Å². The Balaban J connectivity index is 1.71. The number of benzene rings is 1. The summed E-state index contributed by atoms with van der Waals surface area (Å²) < 4.78 is 5.61. The zero-order valence-corrected chi connectivity index (χ0v) is 11.3. The number of hydrogen-bond donors (Lipinski definition) is 3. The Bertz CT molecular complexity index is 635. The average molecular weight is 274 g/mol. The van der Waals surface area contributed by atoms with Crippen LogP contribution in [0.5, 0.6) is 0 Å². The maximum Gasteiger partial charge on any atom is 0.287 e. The van der Waals surface area contributed by atoms with Gasteiger partial charge in [0.25, 0.3) is 5.91 Å². The van der Waals surface area contributed by atoms with Crippen LogP contribution in [-0.4, -0.2) is 36.8 Å². The number of carbonyl (C=O) groups excluding carboxylic acids is 1. The van der Waals surface area contributed by atoms with E-state index in [1.54, 1.807) is 6.07 Å². The molecule has 1 aromatic heterocycles. The molecule has 1 aliphatic heterocycles. The highest BCUT2D eigenvalue weighted by Gasteiger charge is 2.25. The zero-order valence-electron chi connectivity index (χ0n) is 11.3. The van der Waals surface area contributed by atoms with E-state index in [4.69, 9.17) is 4.42 Å². The minimum absolute atomic E-state index is 0.0602. The van der Waals surface area contributed by atoms with Gasteiger partial charge >= 0.3 is 0 Å². The van der Waals surface area contributed by atoms with Gasteiger partial charge < -0.3 is 20.2 Å². The van der Waals surface area contributed by atoms with E-state index < -0.39 is 6.10 Å². The number of aliphatic hydroxyl groups is 1. The number of hydrogen-bond acceptors (Lipinski definition) is 4. The fraction of sp³-hybridized carbons (Fsp3) is 0.400. The van der Waals surface area contributed by atoms with Crippen molar-refractivity contribution < 1.29 is 14.3 Å². The molecule has 1 amide bonds. The monoisotopic (exact) mass is 274 g/mol. The van der Waals surface area contributed by atoms with Gasteiger partial charge in [-0.05, 0) is 18.6 Å². The first-order chi connectivity index (χ1) is 9.65. The number of furan rings is 1. The largest absolute Gasteiger partial charge is 0.451 e. The van der Waals surface area contributed by atoms with Crippen LogP contribution in [0.4, 0.5) is 0 Å². The molecule has 5 heteroatoms. The number of fused-ring (bicyclic) bond motifs is 1. The first-order valence-electron chi connectivity index (χ1n) is 6.81. The first-order valence-corrected chi connectivity index (χ1v) is 6.81. The van der Waals surface area contributed by atoms with Gasteiger partial charge in [0.05, 0.1) is 6.10 Å². The smallest absolute Gasteiger partial charge is 0.287 e. The van der Waals surface area contributed by atoms with E-state index in [1.807, 2.05) is 25.1 Å². The zero-order chi connectivity index (χ0) is 14.1. The van der Waals surface area contributed by atoms with Crippen molar-refractivity contribution in [2.75, 3.05) is 19.6 Å². The summed E-state index contributed by atoms with van der Waals surface area (Å²) in [5.41, 5.74) is 1.76. The van der Waals surface area contributed by atoms with Crippen molar-refractivity contribution in [1.82, 2.24) is 10.6 Å². The lowest BCUT2D eigenvalue weighted by atomic mass is 10.1. The van der Waals surface area contributed by atoms with E-state index in [1.165, 1.54) is 0 Å². The minimum Gasteiger partial charge on any atom is -0.451 e. The maximum absolute atomic E-state index is 12.1. The van der Waals surface area contributed by atoms with Gasteiger partial charge in [-0.3, -0.25) is 4.79 Å². The summed E-state index contributed by atoms with van der Waals surface area (Å²) in [6.07, 6.45) is -0.395. The summed E-state index contributed by atoms with van der Waals surface area (Å²) in [5, 5.41) is 16.5. The number of rotatable bonds is 3. The van der Waals surface area contributed by atoms with Crippen LogP contribution in [0, 0.1) is 12.8 Å². The Morgan fingerprint density at radius 2 is 2.35 bits per heavy atom. The molecule has 0 radical (unpaired) electrons. The molecule has 106 valence electrons. The van der Waals surface area contributed by atoms with Crippen LogP contribution in [0.15, 0.2) is 28.7 Å². The van der Waals surface area contributed by atoms with Gasteiger partial charge in [-0.15, -0.1) is 0 Å². The second-order valence-corrected chi connectivity index (χ2v) is 5.30. The minimum atomic E-state index is -0.395. The molecule has 2 heterocycles. The molecule has 0 bridgehead atoms. The van der Waals surface area contributed by atoms with Crippen molar-refractivity contribution in [3.8, 4) is 0 Å². The third-order valence-corrected chi connectivity index (χ3v) is 3.79. The van der Waals surface area contributed by atoms with Crippen molar-refractivity contribution in [3.63, 3.8) is 0 Å². The van der Waals surface area contributed by atoms with Crippen molar-refractivity contribution in [2.45, 2.75) is 13.0 Å². The lowest BCUT2D eigenvalue weighted by Gasteiger charge is -2.13. The second-order valence-electron chi connectivity index (χ2n) is 5.30. The number of β-amino-alcohol motifs (C(OH)–C–C–N with tert-alkyl or cyclic N) is 1. The normalized spacial score (nSPS) is 22.3. The molecule has 0 saturated carbocycles. The number of nitrogens with one attached hydrogen (secondary N) is 2. The predicted octanol–water partition coefficient (Wildman–Crippen LogP) is 1.05. The third-order valence-electron chi connectivity index (χ3n) is 3.79. The molecule has 1 fully saturated rings. The Morgan fingerprint density at radius 1 is 1.50 bits per heavy atom. The fourth-order valence-electron chi connectivity index (χ4n) is 2.56. The summed E-state index contributed by atoms with van der Waals surface area (Å²) >= 11 is 0. The van der Waals surface area contributed by atoms with Crippen molar-refractivity contribution in [1.29, 1.82) is 0 Å². The highest BCUT2D eigenvalue weighted by molar-refractivity contribution is 5.96. The summed E-state index contributed by atoms with van der Waals surface area (Å²) in [6, 6.07) is 7.57. The highest BCUT2D eigenvalue weighted by Crippen LogP contribution is 2.22. The van der Waals surface area contributed by atoms with E-state index in [9.17, 15) is 9.90 Å². The third kappa shape index (κ3) is 2.42. The van der Waals surface area contributed by atoms with Gasteiger partial charge in [-0.25, -0.2) is 0 Å².